The van der Waals surface area contributed by atoms with Crippen molar-refractivity contribution < 1.29 is 9.63 Å². The van der Waals surface area contributed by atoms with Crippen LogP contribution in [0.5, 0.6) is 0 Å². The van der Waals surface area contributed by atoms with Crippen LogP contribution in [0.15, 0.2) is 0 Å². The van der Waals surface area contributed by atoms with E-state index in [9.17, 15) is 4.79 Å². The zero-order chi connectivity index (χ0) is 6.41. The molecule has 0 radical (unpaired) electrons. The summed E-state index contributed by atoms with van der Waals surface area (Å²) in [6, 6.07) is 0. The second-order valence-corrected chi connectivity index (χ2v) is 1.43. The van der Waals surface area contributed by atoms with Gasteiger partial charge in [-0.25, -0.2) is 0 Å². The van der Waals surface area contributed by atoms with Crippen molar-refractivity contribution in [3.63, 3.8) is 0 Å². The predicted molar refractivity (Wildman–Crippen MR) is 37.2 cm³/mol. The molecule has 0 rings (SSSR count). The SMILES string of the molecule is CCCC(=O)ONC.[LiH]. The zero-order valence-electron chi connectivity index (χ0n) is 5.23. The van der Waals surface area contributed by atoms with Gasteiger partial charge in [-0.05, 0) is 6.42 Å². The minimum absolute atomic E-state index is 0. The van der Waals surface area contributed by atoms with Crippen molar-refractivity contribution in [1.29, 1.82) is 0 Å². The fraction of sp³-hybridized carbons (Fsp3) is 0.800. The fourth-order valence-electron chi connectivity index (χ4n) is 0.369. The van der Waals surface area contributed by atoms with Crippen molar-refractivity contribution in [1.82, 2.24) is 5.48 Å². The molecule has 0 heterocycles. The van der Waals surface area contributed by atoms with E-state index in [0.29, 0.717) is 6.42 Å². The fourth-order valence-corrected chi connectivity index (χ4v) is 0.369. The summed E-state index contributed by atoms with van der Waals surface area (Å²) in [7, 11) is 1.56. The van der Waals surface area contributed by atoms with Gasteiger partial charge in [0.25, 0.3) is 0 Å². The molecule has 0 bridgehead atoms. The van der Waals surface area contributed by atoms with E-state index < -0.39 is 0 Å². The summed E-state index contributed by atoms with van der Waals surface area (Å²) in [4.78, 5) is 14.8. The van der Waals surface area contributed by atoms with Crippen LogP contribution in [0, 0.1) is 0 Å². The summed E-state index contributed by atoms with van der Waals surface area (Å²) in [5, 5.41) is 0. The zero-order valence-corrected chi connectivity index (χ0v) is 5.23. The topological polar surface area (TPSA) is 38.3 Å². The molecule has 4 heteroatoms. The molecule has 1 N–H and O–H groups in total. The summed E-state index contributed by atoms with van der Waals surface area (Å²) in [5.41, 5.74) is 2.30. The quantitative estimate of drug-likeness (QED) is 0.420. The molecule has 0 saturated heterocycles. The number of rotatable bonds is 3. The van der Waals surface area contributed by atoms with Gasteiger partial charge in [-0.1, -0.05) is 6.92 Å². The molecule has 3 nitrogen and oxygen atoms in total. The Hall–Kier alpha value is 0.0274. The number of hydroxylamine groups is 1. The van der Waals surface area contributed by atoms with Crippen molar-refractivity contribution in [2.45, 2.75) is 19.8 Å². The molecule has 0 amide bonds. The van der Waals surface area contributed by atoms with E-state index in [2.05, 4.69) is 10.3 Å². The normalized spacial score (nSPS) is 7.78. The number of carbonyl (C=O) groups excluding carboxylic acids is 1. The minimum atomic E-state index is -0.199. The van der Waals surface area contributed by atoms with Crippen molar-refractivity contribution in [2.75, 3.05) is 7.05 Å². The first-order chi connectivity index (χ1) is 3.81. The van der Waals surface area contributed by atoms with E-state index in [1.807, 2.05) is 6.92 Å². The Morgan fingerprint density at radius 1 is 1.67 bits per heavy atom. The maximum atomic E-state index is 10.4. The van der Waals surface area contributed by atoms with Crippen LogP contribution >= 0.6 is 0 Å². The third-order valence-corrected chi connectivity index (χ3v) is 0.670. The average molecular weight is 125 g/mol. The van der Waals surface area contributed by atoms with E-state index in [4.69, 9.17) is 0 Å². The van der Waals surface area contributed by atoms with Gasteiger partial charge in [0.15, 0.2) is 0 Å². The Bertz CT molecular complexity index is 69.4. The van der Waals surface area contributed by atoms with Crippen LogP contribution < -0.4 is 5.48 Å². The van der Waals surface area contributed by atoms with Crippen LogP contribution in [0.25, 0.3) is 0 Å². The predicted octanol–water partition coefficient (Wildman–Crippen LogP) is -0.184. The van der Waals surface area contributed by atoms with Gasteiger partial charge in [-0.2, -0.15) is 5.48 Å². The summed E-state index contributed by atoms with van der Waals surface area (Å²) in [6.07, 6.45) is 1.32. The molecule has 0 spiro atoms. The van der Waals surface area contributed by atoms with Gasteiger partial charge in [0, 0.05) is 13.5 Å². The molecule has 0 saturated carbocycles. The van der Waals surface area contributed by atoms with Crippen LogP contribution in [0.3, 0.4) is 0 Å². The Morgan fingerprint density at radius 2 is 2.22 bits per heavy atom. The van der Waals surface area contributed by atoms with Crippen molar-refractivity contribution in [3.05, 3.63) is 0 Å². The summed E-state index contributed by atoms with van der Waals surface area (Å²) < 4.78 is 0. The molecule has 0 aromatic heterocycles. The monoisotopic (exact) mass is 125 g/mol. The number of hydrogen-bond donors (Lipinski definition) is 1. The first-order valence-corrected chi connectivity index (χ1v) is 2.67. The van der Waals surface area contributed by atoms with E-state index in [-0.39, 0.29) is 24.8 Å². The van der Waals surface area contributed by atoms with E-state index in [1.54, 1.807) is 7.05 Å². The maximum absolute atomic E-state index is 10.4. The molecular weight excluding hydrogens is 113 g/mol. The molecule has 0 aliphatic carbocycles. The van der Waals surface area contributed by atoms with Gasteiger partial charge in [0.05, 0.1) is 0 Å². The van der Waals surface area contributed by atoms with Crippen LogP contribution in [0.4, 0.5) is 0 Å². The Balaban J connectivity index is 0. The Kier molecular flexibility index (Phi) is 10.5. The third kappa shape index (κ3) is 8.03. The Morgan fingerprint density at radius 3 is 2.56 bits per heavy atom. The van der Waals surface area contributed by atoms with Crippen LogP contribution in [0.2, 0.25) is 0 Å². The van der Waals surface area contributed by atoms with Crippen molar-refractivity contribution >= 4 is 24.8 Å². The molecule has 0 aliphatic heterocycles. The second-order valence-electron chi connectivity index (χ2n) is 1.43. The summed E-state index contributed by atoms with van der Waals surface area (Å²) in [6.45, 7) is 1.93. The van der Waals surface area contributed by atoms with Gasteiger partial charge >= 0.3 is 24.8 Å². The van der Waals surface area contributed by atoms with Crippen LogP contribution in [0.1, 0.15) is 19.8 Å². The molecule has 0 atom stereocenters. The number of hydrogen-bond acceptors (Lipinski definition) is 3. The number of carbonyl (C=O) groups is 1. The first-order valence-electron chi connectivity index (χ1n) is 2.67. The van der Waals surface area contributed by atoms with Crippen LogP contribution in [-0.4, -0.2) is 31.9 Å². The molecule has 50 valence electrons. The molecule has 0 unspecified atom stereocenters. The summed E-state index contributed by atoms with van der Waals surface area (Å²) >= 11 is 0. The van der Waals surface area contributed by atoms with E-state index >= 15 is 0 Å². The van der Waals surface area contributed by atoms with Crippen molar-refractivity contribution in [2.24, 2.45) is 0 Å². The van der Waals surface area contributed by atoms with Gasteiger partial charge in [0.1, 0.15) is 0 Å². The first kappa shape index (κ1) is 11.8. The Labute approximate surface area is 67.3 Å². The van der Waals surface area contributed by atoms with Crippen molar-refractivity contribution in [3.8, 4) is 0 Å². The molecule has 0 aromatic carbocycles. The van der Waals surface area contributed by atoms with Gasteiger partial charge in [0.2, 0.25) is 0 Å². The van der Waals surface area contributed by atoms with Gasteiger partial charge in [-0.3, -0.25) is 4.79 Å². The van der Waals surface area contributed by atoms with E-state index in [1.165, 1.54) is 0 Å². The van der Waals surface area contributed by atoms with Crippen LogP contribution in [-0.2, 0) is 9.63 Å². The van der Waals surface area contributed by atoms with Gasteiger partial charge in [-0.15, -0.1) is 0 Å². The second kappa shape index (κ2) is 8.03. The number of nitrogens with one attached hydrogen (secondary N) is 1. The molecular formula is C5H12LiNO2. The average Bonchev–Trinajstić information content (AvgIpc) is 1.68. The molecule has 9 heavy (non-hydrogen) atoms. The molecule has 0 aliphatic rings. The van der Waals surface area contributed by atoms with E-state index in [0.717, 1.165) is 6.42 Å². The molecule has 0 aromatic rings. The standard InChI is InChI=1S/C5H11NO2.Li.H/c1-3-4-5(7)8-6-2;;/h6H,3-4H2,1-2H3;;. The molecule has 0 fully saturated rings. The summed E-state index contributed by atoms with van der Waals surface area (Å²) in [5.74, 6) is -0.199. The van der Waals surface area contributed by atoms with Gasteiger partial charge < -0.3 is 4.84 Å². The third-order valence-electron chi connectivity index (χ3n) is 0.670.